The number of rotatable bonds is 4. The minimum atomic E-state index is -0.342. The lowest BCUT2D eigenvalue weighted by Gasteiger charge is -2.08. The summed E-state index contributed by atoms with van der Waals surface area (Å²) in [7, 11) is 0. The molecule has 0 fully saturated rings. The van der Waals surface area contributed by atoms with Gasteiger partial charge in [-0.05, 0) is 38.1 Å². The van der Waals surface area contributed by atoms with Gasteiger partial charge in [0.2, 0.25) is 11.8 Å². The number of nitrogens with one attached hydrogen (secondary N) is 2. The minimum Gasteiger partial charge on any atom is -0.353 e. The summed E-state index contributed by atoms with van der Waals surface area (Å²) in [6.45, 7) is 3.68. The molecule has 0 atom stereocenters. The minimum absolute atomic E-state index is 0.0332. The maximum Gasteiger partial charge on any atom is 0.233 e. The molecular formula is C12H15ClN2O2. The monoisotopic (exact) mass is 254 g/mol. The first-order chi connectivity index (χ1) is 7.97. The Morgan fingerprint density at radius 2 is 1.76 bits per heavy atom. The van der Waals surface area contributed by atoms with E-state index in [1.807, 2.05) is 13.8 Å². The first-order valence-electron chi connectivity index (χ1n) is 5.32. The van der Waals surface area contributed by atoms with Crippen molar-refractivity contribution in [3.05, 3.63) is 29.3 Å². The van der Waals surface area contributed by atoms with Crippen molar-refractivity contribution in [1.29, 1.82) is 0 Å². The third kappa shape index (κ3) is 5.36. The van der Waals surface area contributed by atoms with E-state index in [4.69, 9.17) is 11.6 Å². The largest absolute Gasteiger partial charge is 0.353 e. The average Bonchev–Trinajstić information content (AvgIpc) is 2.19. The summed E-state index contributed by atoms with van der Waals surface area (Å²) in [5.74, 6) is -0.628. The van der Waals surface area contributed by atoms with Gasteiger partial charge in [0.25, 0.3) is 0 Å². The standard InChI is InChI=1S/C12H15ClN2O2/c1-8(2)14-11(16)7-12(17)15-10-5-3-9(13)4-6-10/h3-6,8H,7H2,1-2H3,(H,14,16)(H,15,17). The molecule has 0 aliphatic heterocycles. The van der Waals surface area contributed by atoms with E-state index in [9.17, 15) is 9.59 Å². The van der Waals surface area contributed by atoms with Gasteiger partial charge in [0.15, 0.2) is 0 Å². The first-order valence-corrected chi connectivity index (χ1v) is 5.70. The summed E-state index contributed by atoms with van der Waals surface area (Å²) in [5.41, 5.74) is 0.622. The van der Waals surface area contributed by atoms with Crippen LogP contribution in [0.25, 0.3) is 0 Å². The van der Waals surface area contributed by atoms with Crippen molar-refractivity contribution >= 4 is 29.1 Å². The SMILES string of the molecule is CC(C)NC(=O)CC(=O)Nc1ccc(Cl)cc1. The normalized spacial score (nSPS) is 10.1. The lowest BCUT2D eigenvalue weighted by Crippen LogP contribution is -2.33. The number of carbonyl (C=O) groups excluding carboxylic acids is 2. The van der Waals surface area contributed by atoms with E-state index < -0.39 is 0 Å². The van der Waals surface area contributed by atoms with Crippen LogP contribution in [0.3, 0.4) is 0 Å². The molecule has 92 valence electrons. The number of carbonyl (C=O) groups is 2. The molecule has 1 rings (SSSR count). The van der Waals surface area contributed by atoms with E-state index in [1.54, 1.807) is 24.3 Å². The van der Waals surface area contributed by atoms with Crippen molar-refractivity contribution in [2.24, 2.45) is 0 Å². The van der Waals surface area contributed by atoms with E-state index >= 15 is 0 Å². The molecule has 5 heteroatoms. The quantitative estimate of drug-likeness (QED) is 0.810. The molecule has 4 nitrogen and oxygen atoms in total. The Kier molecular flexibility index (Phi) is 4.97. The number of hydrogen-bond donors (Lipinski definition) is 2. The number of benzene rings is 1. The Balaban J connectivity index is 2.44. The highest BCUT2D eigenvalue weighted by Gasteiger charge is 2.10. The van der Waals surface area contributed by atoms with Gasteiger partial charge in [-0.1, -0.05) is 11.6 Å². The molecule has 0 heterocycles. The maximum atomic E-state index is 11.5. The molecule has 0 aliphatic carbocycles. The molecule has 0 unspecified atom stereocenters. The van der Waals surface area contributed by atoms with Gasteiger partial charge in [-0.3, -0.25) is 9.59 Å². The van der Waals surface area contributed by atoms with Gasteiger partial charge in [0.05, 0.1) is 0 Å². The zero-order valence-corrected chi connectivity index (χ0v) is 10.5. The van der Waals surface area contributed by atoms with E-state index in [0.717, 1.165) is 0 Å². The summed E-state index contributed by atoms with van der Waals surface area (Å²) < 4.78 is 0. The summed E-state index contributed by atoms with van der Waals surface area (Å²) in [4.78, 5) is 22.8. The molecular weight excluding hydrogens is 240 g/mol. The Bertz CT molecular complexity index is 401. The summed E-state index contributed by atoms with van der Waals surface area (Å²) in [6, 6.07) is 6.74. The van der Waals surface area contributed by atoms with Gasteiger partial charge in [-0.15, -0.1) is 0 Å². The van der Waals surface area contributed by atoms with Gasteiger partial charge >= 0.3 is 0 Å². The van der Waals surface area contributed by atoms with Crippen LogP contribution in [0.2, 0.25) is 5.02 Å². The Morgan fingerprint density at radius 3 is 2.29 bits per heavy atom. The topological polar surface area (TPSA) is 58.2 Å². The van der Waals surface area contributed by atoms with Crippen molar-refractivity contribution < 1.29 is 9.59 Å². The number of halogens is 1. The second-order valence-corrected chi connectivity index (χ2v) is 4.39. The Labute approximate surface area is 105 Å². The second kappa shape index (κ2) is 6.25. The van der Waals surface area contributed by atoms with E-state index in [2.05, 4.69) is 10.6 Å². The highest BCUT2D eigenvalue weighted by Crippen LogP contribution is 2.13. The molecule has 0 spiro atoms. The molecule has 2 N–H and O–H groups in total. The molecule has 0 aliphatic rings. The zero-order valence-electron chi connectivity index (χ0n) is 9.79. The molecule has 0 bridgehead atoms. The van der Waals surface area contributed by atoms with Crippen molar-refractivity contribution in [3.63, 3.8) is 0 Å². The van der Waals surface area contributed by atoms with Crippen molar-refractivity contribution in [1.82, 2.24) is 5.32 Å². The highest BCUT2D eigenvalue weighted by molar-refractivity contribution is 6.30. The van der Waals surface area contributed by atoms with Crippen LogP contribution in [0.4, 0.5) is 5.69 Å². The van der Waals surface area contributed by atoms with E-state index in [-0.39, 0.29) is 24.3 Å². The number of amides is 2. The van der Waals surface area contributed by atoms with Crippen LogP contribution in [-0.2, 0) is 9.59 Å². The summed E-state index contributed by atoms with van der Waals surface area (Å²) >= 11 is 5.71. The fraction of sp³-hybridized carbons (Fsp3) is 0.333. The third-order valence-electron chi connectivity index (χ3n) is 1.90. The molecule has 0 aromatic heterocycles. The zero-order chi connectivity index (χ0) is 12.8. The van der Waals surface area contributed by atoms with Crippen LogP contribution >= 0.6 is 11.6 Å². The summed E-state index contributed by atoms with van der Waals surface area (Å²) in [5, 5.41) is 5.86. The molecule has 1 aromatic rings. The van der Waals surface area contributed by atoms with Crippen LogP contribution in [0.1, 0.15) is 20.3 Å². The maximum absolute atomic E-state index is 11.5. The molecule has 0 radical (unpaired) electrons. The molecule has 1 aromatic carbocycles. The summed E-state index contributed by atoms with van der Waals surface area (Å²) in [6.07, 6.45) is -0.180. The van der Waals surface area contributed by atoms with Crippen LogP contribution in [0.15, 0.2) is 24.3 Å². The van der Waals surface area contributed by atoms with E-state index in [1.165, 1.54) is 0 Å². The predicted octanol–water partition coefficient (Wildman–Crippen LogP) is 2.19. The van der Waals surface area contributed by atoms with Crippen LogP contribution in [0, 0.1) is 0 Å². The van der Waals surface area contributed by atoms with Crippen LogP contribution in [-0.4, -0.2) is 17.9 Å². The highest BCUT2D eigenvalue weighted by atomic mass is 35.5. The Morgan fingerprint density at radius 1 is 1.18 bits per heavy atom. The van der Waals surface area contributed by atoms with Crippen molar-refractivity contribution in [2.45, 2.75) is 26.3 Å². The number of hydrogen-bond acceptors (Lipinski definition) is 2. The van der Waals surface area contributed by atoms with Crippen LogP contribution < -0.4 is 10.6 Å². The third-order valence-corrected chi connectivity index (χ3v) is 2.15. The predicted molar refractivity (Wildman–Crippen MR) is 68.0 cm³/mol. The number of anilines is 1. The van der Waals surface area contributed by atoms with E-state index in [0.29, 0.717) is 10.7 Å². The smallest absolute Gasteiger partial charge is 0.233 e. The van der Waals surface area contributed by atoms with Gasteiger partial charge in [0, 0.05) is 16.8 Å². The fourth-order valence-corrected chi connectivity index (χ4v) is 1.38. The van der Waals surface area contributed by atoms with Crippen molar-refractivity contribution in [3.8, 4) is 0 Å². The lowest BCUT2D eigenvalue weighted by atomic mass is 10.3. The van der Waals surface area contributed by atoms with Gasteiger partial charge in [-0.25, -0.2) is 0 Å². The fourth-order valence-electron chi connectivity index (χ4n) is 1.26. The lowest BCUT2D eigenvalue weighted by molar-refractivity contribution is -0.127. The van der Waals surface area contributed by atoms with Gasteiger partial charge in [0.1, 0.15) is 6.42 Å². The molecule has 0 saturated carbocycles. The molecule has 0 saturated heterocycles. The Hall–Kier alpha value is -1.55. The van der Waals surface area contributed by atoms with Gasteiger partial charge in [-0.2, -0.15) is 0 Å². The van der Waals surface area contributed by atoms with Crippen LogP contribution in [0.5, 0.6) is 0 Å². The average molecular weight is 255 g/mol. The second-order valence-electron chi connectivity index (χ2n) is 3.95. The van der Waals surface area contributed by atoms with Crippen molar-refractivity contribution in [2.75, 3.05) is 5.32 Å². The van der Waals surface area contributed by atoms with Gasteiger partial charge < -0.3 is 10.6 Å². The molecule has 17 heavy (non-hydrogen) atoms. The molecule has 2 amide bonds. The first kappa shape index (κ1) is 13.5.